The molecule has 0 saturated heterocycles. The molecule has 1 N–H and O–H groups in total. The number of carbonyl (C=O) groups is 1. The number of nitrogens with zero attached hydrogens (tertiary/aromatic N) is 3. The summed E-state index contributed by atoms with van der Waals surface area (Å²) in [6.45, 7) is 0.541. The van der Waals surface area contributed by atoms with Crippen molar-refractivity contribution < 1.29 is 14.6 Å². The van der Waals surface area contributed by atoms with E-state index in [0.717, 1.165) is 12.3 Å². The number of pyridine rings is 1. The Morgan fingerprint density at radius 1 is 1.50 bits per heavy atom. The molecule has 1 saturated carbocycles. The van der Waals surface area contributed by atoms with E-state index in [9.17, 15) is 9.90 Å². The van der Waals surface area contributed by atoms with Gasteiger partial charge in [0.25, 0.3) is 0 Å². The summed E-state index contributed by atoms with van der Waals surface area (Å²) in [5.41, 5.74) is 0.729. The normalized spacial score (nSPS) is 15.2. The second kappa shape index (κ2) is 5.11. The number of ether oxygens (including phenoxy) is 1. The molecular weight excluding hydrogens is 258 g/mol. The van der Waals surface area contributed by atoms with Gasteiger partial charge in [-0.3, -0.25) is 4.68 Å². The monoisotopic (exact) mass is 275 g/mol. The van der Waals surface area contributed by atoms with Crippen LogP contribution >= 0.6 is 0 Å². The van der Waals surface area contributed by atoms with Crippen molar-refractivity contribution in [1.29, 1.82) is 0 Å². The van der Waals surface area contributed by atoms with E-state index in [0.29, 0.717) is 23.4 Å². The lowest BCUT2D eigenvalue weighted by atomic mass is 9.83. The Labute approximate surface area is 116 Å². The summed E-state index contributed by atoms with van der Waals surface area (Å²) in [5.74, 6) is 0.0892. The molecule has 0 aliphatic heterocycles. The smallest absolute Gasteiger partial charge is 0.341 e. The first-order valence-electron chi connectivity index (χ1n) is 6.83. The Kier molecular flexibility index (Phi) is 3.30. The molecule has 2 heterocycles. The van der Waals surface area contributed by atoms with Crippen LogP contribution in [0.25, 0.3) is 11.0 Å². The van der Waals surface area contributed by atoms with Crippen molar-refractivity contribution in [2.45, 2.75) is 25.7 Å². The third-order valence-corrected chi connectivity index (χ3v) is 3.94. The first kappa shape index (κ1) is 12.9. The summed E-state index contributed by atoms with van der Waals surface area (Å²) < 4.78 is 7.37. The molecule has 6 nitrogen and oxygen atoms in total. The van der Waals surface area contributed by atoms with Crippen molar-refractivity contribution >= 4 is 17.0 Å². The van der Waals surface area contributed by atoms with Crippen molar-refractivity contribution in [1.82, 2.24) is 14.8 Å². The lowest BCUT2D eigenvalue weighted by molar-refractivity contribution is 0.0691. The molecule has 3 rings (SSSR count). The molecule has 0 radical (unpaired) electrons. The van der Waals surface area contributed by atoms with E-state index in [1.54, 1.807) is 17.9 Å². The number of hydrogen-bond donors (Lipinski definition) is 1. The van der Waals surface area contributed by atoms with Gasteiger partial charge >= 0.3 is 5.97 Å². The number of rotatable bonds is 5. The van der Waals surface area contributed by atoms with Crippen LogP contribution < -0.4 is 4.74 Å². The predicted octanol–water partition coefficient (Wildman–Crippen LogP) is 2.24. The highest BCUT2D eigenvalue weighted by molar-refractivity contribution is 5.97. The van der Waals surface area contributed by atoms with Gasteiger partial charge in [-0.1, -0.05) is 19.3 Å². The van der Waals surface area contributed by atoms with Crippen molar-refractivity contribution in [3.63, 3.8) is 0 Å². The molecule has 1 aliphatic carbocycles. The van der Waals surface area contributed by atoms with Gasteiger partial charge in [0.15, 0.2) is 5.65 Å². The van der Waals surface area contributed by atoms with Gasteiger partial charge in [-0.15, -0.1) is 0 Å². The molecule has 0 spiro atoms. The van der Waals surface area contributed by atoms with E-state index < -0.39 is 5.97 Å². The van der Waals surface area contributed by atoms with E-state index in [2.05, 4.69) is 10.1 Å². The zero-order valence-electron chi connectivity index (χ0n) is 11.4. The van der Waals surface area contributed by atoms with Gasteiger partial charge in [-0.25, -0.2) is 9.78 Å². The molecule has 2 aromatic rings. The Morgan fingerprint density at radius 3 is 2.95 bits per heavy atom. The summed E-state index contributed by atoms with van der Waals surface area (Å²) >= 11 is 0. The van der Waals surface area contributed by atoms with E-state index >= 15 is 0 Å². The van der Waals surface area contributed by atoms with Crippen LogP contribution in [0.4, 0.5) is 0 Å². The van der Waals surface area contributed by atoms with Crippen molar-refractivity contribution in [3.8, 4) is 5.75 Å². The Balaban J connectivity index is 1.88. The van der Waals surface area contributed by atoms with Gasteiger partial charge in [-0.05, 0) is 12.3 Å². The summed E-state index contributed by atoms with van der Waals surface area (Å²) in [5, 5.41) is 14.0. The highest BCUT2D eigenvalue weighted by atomic mass is 16.5. The molecular formula is C14H17N3O3. The van der Waals surface area contributed by atoms with Gasteiger partial charge in [0.2, 0.25) is 0 Å². The predicted molar refractivity (Wildman–Crippen MR) is 72.9 cm³/mol. The molecule has 106 valence electrons. The number of aromatic carboxylic acids is 1. The first-order chi connectivity index (χ1) is 9.66. The van der Waals surface area contributed by atoms with Crippen LogP contribution in [-0.2, 0) is 7.05 Å². The molecule has 1 fully saturated rings. The number of carboxylic acid groups (broad SMARTS) is 1. The number of aryl methyl sites for hydroxylation is 1. The summed E-state index contributed by atoms with van der Waals surface area (Å²) in [7, 11) is 1.77. The maximum Gasteiger partial charge on any atom is 0.341 e. The topological polar surface area (TPSA) is 77.2 Å². The molecule has 0 unspecified atom stereocenters. The fraction of sp³-hybridized carbons (Fsp3) is 0.500. The second-order valence-corrected chi connectivity index (χ2v) is 5.25. The highest BCUT2D eigenvalue weighted by Gasteiger charge is 2.20. The summed E-state index contributed by atoms with van der Waals surface area (Å²) in [6, 6.07) is 0. The van der Waals surface area contributed by atoms with Crippen LogP contribution in [0.1, 0.15) is 36.0 Å². The molecule has 0 atom stereocenters. The largest absolute Gasteiger partial charge is 0.492 e. The minimum atomic E-state index is -1.03. The SMILES string of the molecule is Cn1ncc2c(OCCC3CCC3)c(C(=O)O)cnc21. The van der Waals surface area contributed by atoms with Crippen LogP contribution in [0.2, 0.25) is 0 Å². The second-order valence-electron chi connectivity index (χ2n) is 5.25. The quantitative estimate of drug-likeness (QED) is 0.905. The molecule has 0 bridgehead atoms. The summed E-state index contributed by atoms with van der Waals surface area (Å²) in [6.07, 6.45) is 7.73. The Bertz CT molecular complexity index is 646. The standard InChI is InChI=1S/C14H17N3O3/c1-17-13-10(8-16-17)12(11(7-15-13)14(18)19)20-6-5-9-3-2-4-9/h7-9H,2-6H2,1H3,(H,18,19). The molecule has 2 aromatic heterocycles. The van der Waals surface area contributed by atoms with E-state index in [4.69, 9.17) is 4.74 Å². The van der Waals surface area contributed by atoms with Gasteiger partial charge in [0.05, 0.1) is 18.2 Å². The Hall–Kier alpha value is -2.11. The number of fused-ring (bicyclic) bond motifs is 1. The maximum atomic E-state index is 11.3. The summed E-state index contributed by atoms with van der Waals surface area (Å²) in [4.78, 5) is 15.4. The first-order valence-corrected chi connectivity index (χ1v) is 6.83. The third kappa shape index (κ3) is 2.21. The van der Waals surface area contributed by atoms with E-state index in [1.165, 1.54) is 25.5 Å². The highest BCUT2D eigenvalue weighted by Crippen LogP contribution is 2.31. The lowest BCUT2D eigenvalue weighted by Crippen LogP contribution is -2.15. The van der Waals surface area contributed by atoms with Crippen LogP contribution in [0.3, 0.4) is 0 Å². The molecule has 0 aromatic carbocycles. The average molecular weight is 275 g/mol. The van der Waals surface area contributed by atoms with Gasteiger partial charge in [0.1, 0.15) is 11.3 Å². The van der Waals surface area contributed by atoms with Crippen molar-refractivity contribution in [3.05, 3.63) is 18.0 Å². The van der Waals surface area contributed by atoms with Crippen LogP contribution in [0.15, 0.2) is 12.4 Å². The minimum absolute atomic E-state index is 0.0964. The van der Waals surface area contributed by atoms with Gasteiger partial charge in [-0.2, -0.15) is 5.10 Å². The van der Waals surface area contributed by atoms with Gasteiger partial charge in [0, 0.05) is 13.2 Å². The van der Waals surface area contributed by atoms with Crippen molar-refractivity contribution in [2.75, 3.05) is 6.61 Å². The van der Waals surface area contributed by atoms with E-state index in [1.807, 2.05) is 0 Å². The third-order valence-electron chi connectivity index (χ3n) is 3.94. The van der Waals surface area contributed by atoms with Crippen LogP contribution in [-0.4, -0.2) is 32.4 Å². The minimum Gasteiger partial charge on any atom is -0.492 e. The van der Waals surface area contributed by atoms with Crippen LogP contribution in [0, 0.1) is 5.92 Å². The molecule has 6 heteroatoms. The average Bonchev–Trinajstić information content (AvgIpc) is 2.74. The Morgan fingerprint density at radius 2 is 2.30 bits per heavy atom. The van der Waals surface area contributed by atoms with Gasteiger partial charge < -0.3 is 9.84 Å². The zero-order valence-corrected chi connectivity index (χ0v) is 11.4. The maximum absolute atomic E-state index is 11.3. The van der Waals surface area contributed by atoms with Crippen LogP contribution in [0.5, 0.6) is 5.75 Å². The molecule has 1 aliphatic rings. The zero-order chi connectivity index (χ0) is 14.1. The van der Waals surface area contributed by atoms with Crippen molar-refractivity contribution in [2.24, 2.45) is 13.0 Å². The number of aromatic nitrogens is 3. The number of carboxylic acids is 1. The lowest BCUT2D eigenvalue weighted by Gasteiger charge is -2.25. The number of hydrogen-bond acceptors (Lipinski definition) is 4. The fourth-order valence-corrected chi connectivity index (χ4v) is 2.49. The molecule has 0 amide bonds. The molecule has 20 heavy (non-hydrogen) atoms. The van der Waals surface area contributed by atoms with E-state index in [-0.39, 0.29) is 5.56 Å². The fourth-order valence-electron chi connectivity index (χ4n) is 2.49.